The van der Waals surface area contributed by atoms with Crippen molar-refractivity contribution in [3.05, 3.63) is 11.6 Å². The number of hydrogen-bond acceptors (Lipinski definition) is 4. The minimum absolute atomic E-state index is 0.153. The first-order valence-corrected chi connectivity index (χ1v) is 16.0. The number of quaternary nitrogens is 1. The van der Waals surface area contributed by atoms with Crippen LogP contribution in [0.5, 0.6) is 0 Å². The standard InChI is InChI=1S/C26H54NO4PS/c1-6-8-9-10-11-12-13-14-15-16-17-18-19-20-23-33-25-26(7-2)24-31-32(28,29)30-22-21-27(3,4)5/h7H,6,8-25H2,1-5H3/p+1. The fraction of sp³-hybridized carbons (Fsp3) is 0.923. The van der Waals surface area contributed by atoms with Crippen LogP contribution < -0.4 is 0 Å². The summed E-state index contributed by atoms with van der Waals surface area (Å²) in [5.41, 5.74) is 1.04. The quantitative estimate of drug-likeness (QED) is 0.0620. The third-order valence-corrected chi connectivity index (χ3v) is 7.88. The molecule has 0 aromatic rings. The molecular formula is C26H55NO4PS+. The molecule has 0 spiro atoms. The van der Waals surface area contributed by atoms with Crippen LogP contribution in [-0.2, 0) is 13.6 Å². The van der Waals surface area contributed by atoms with Gasteiger partial charge in [0.25, 0.3) is 0 Å². The highest BCUT2D eigenvalue weighted by molar-refractivity contribution is 7.99. The highest BCUT2D eigenvalue weighted by atomic mass is 32.2. The van der Waals surface area contributed by atoms with Crippen molar-refractivity contribution >= 4 is 19.6 Å². The predicted molar refractivity (Wildman–Crippen MR) is 146 cm³/mol. The van der Waals surface area contributed by atoms with Gasteiger partial charge >= 0.3 is 7.82 Å². The van der Waals surface area contributed by atoms with E-state index >= 15 is 0 Å². The van der Waals surface area contributed by atoms with Gasteiger partial charge in [-0.05, 0) is 24.7 Å². The Balaban J connectivity index is 3.56. The summed E-state index contributed by atoms with van der Waals surface area (Å²) in [5.74, 6) is 1.97. The first-order valence-electron chi connectivity index (χ1n) is 13.3. The molecule has 0 aliphatic rings. The molecule has 0 fully saturated rings. The summed E-state index contributed by atoms with van der Waals surface area (Å²) in [6.07, 6.45) is 21.3. The van der Waals surface area contributed by atoms with Gasteiger partial charge in [-0.1, -0.05) is 96.5 Å². The van der Waals surface area contributed by atoms with Gasteiger partial charge in [0, 0.05) is 5.75 Å². The van der Waals surface area contributed by atoms with Crippen LogP contribution in [0.3, 0.4) is 0 Å². The van der Waals surface area contributed by atoms with Gasteiger partial charge in [-0.25, -0.2) is 4.57 Å². The molecule has 0 rings (SSSR count). The molecule has 0 heterocycles. The van der Waals surface area contributed by atoms with E-state index in [1.807, 2.05) is 45.9 Å². The van der Waals surface area contributed by atoms with Crippen molar-refractivity contribution in [3.63, 3.8) is 0 Å². The van der Waals surface area contributed by atoms with Gasteiger partial charge in [0.1, 0.15) is 13.2 Å². The van der Waals surface area contributed by atoms with Gasteiger partial charge in [0.05, 0.1) is 27.7 Å². The largest absolute Gasteiger partial charge is 0.472 e. The van der Waals surface area contributed by atoms with Crippen LogP contribution in [-0.4, -0.2) is 61.8 Å². The Morgan fingerprint density at radius 3 is 1.79 bits per heavy atom. The lowest BCUT2D eigenvalue weighted by Crippen LogP contribution is -2.37. The fourth-order valence-electron chi connectivity index (χ4n) is 3.44. The number of nitrogens with zero attached hydrogens (tertiary/aromatic N) is 1. The molecule has 0 saturated carbocycles. The number of allylic oxidation sites excluding steroid dienone is 1. The Morgan fingerprint density at radius 2 is 1.33 bits per heavy atom. The number of phosphoric ester groups is 1. The molecule has 0 aromatic carbocycles. The molecule has 5 nitrogen and oxygen atoms in total. The predicted octanol–water partition coefficient (Wildman–Crippen LogP) is 7.99. The average molecular weight is 509 g/mol. The third-order valence-electron chi connectivity index (χ3n) is 5.77. The highest BCUT2D eigenvalue weighted by Gasteiger charge is 2.22. The van der Waals surface area contributed by atoms with E-state index in [1.54, 1.807) is 0 Å². The molecule has 0 bridgehead atoms. The van der Waals surface area contributed by atoms with Gasteiger partial charge in [-0.3, -0.25) is 9.05 Å². The lowest BCUT2D eigenvalue weighted by molar-refractivity contribution is -0.870. The van der Waals surface area contributed by atoms with Crippen molar-refractivity contribution in [3.8, 4) is 0 Å². The van der Waals surface area contributed by atoms with E-state index < -0.39 is 7.82 Å². The molecule has 33 heavy (non-hydrogen) atoms. The van der Waals surface area contributed by atoms with Gasteiger partial charge in [0.15, 0.2) is 0 Å². The first-order chi connectivity index (χ1) is 15.7. The molecule has 0 aliphatic heterocycles. The van der Waals surface area contributed by atoms with E-state index in [-0.39, 0.29) is 13.2 Å². The average Bonchev–Trinajstić information content (AvgIpc) is 2.74. The third kappa shape index (κ3) is 25.1. The van der Waals surface area contributed by atoms with Crippen LogP contribution >= 0.6 is 19.6 Å². The highest BCUT2D eigenvalue weighted by Crippen LogP contribution is 2.43. The van der Waals surface area contributed by atoms with Crippen molar-refractivity contribution in [1.29, 1.82) is 0 Å². The van der Waals surface area contributed by atoms with Crippen molar-refractivity contribution in [2.24, 2.45) is 0 Å². The lowest BCUT2D eigenvalue weighted by atomic mass is 10.0. The summed E-state index contributed by atoms with van der Waals surface area (Å²) < 4.78 is 22.9. The Bertz CT molecular complexity index is 523. The van der Waals surface area contributed by atoms with E-state index in [1.165, 1.54) is 89.9 Å². The maximum absolute atomic E-state index is 12.0. The first kappa shape index (κ1) is 33.2. The van der Waals surface area contributed by atoms with E-state index in [0.717, 1.165) is 17.1 Å². The molecule has 0 aliphatic carbocycles. The molecular weight excluding hydrogens is 453 g/mol. The topological polar surface area (TPSA) is 55.8 Å². The minimum Gasteiger partial charge on any atom is -0.329 e. The summed E-state index contributed by atoms with van der Waals surface area (Å²) in [6.45, 7) is 5.24. The second-order valence-electron chi connectivity index (χ2n) is 10.2. The molecule has 1 N–H and O–H groups in total. The Morgan fingerprint density at radius 1 is 0.848 bits per heavy atom. The summed E-state index contributed by atoms with van der Waals surface area (Å²) in [7, 11) is 2.06. The van der Waals surface area contributed by atoms with Crippen molar-refractivity contribution < 1.29 is 23.0 Å². The van der Waals surface area contributed by atoms with E-state index in [0.29, 0.717) is 11.0 Å². The van der Waals surface area contributed by atoms with Gasteiger partial charge in [-0.15, -0.1) is 0 Å². The zero-order valence-corrected chi connectivity index (χ0v) is 24.2. The number of unbranched alkanes of at least 4 members (excludes halogenated alkanes) is 13. The molecule has 1 atom stereocenters. The Kier molecular flexibility index (Phi) is 21.5. The molecule has 0 amide bonds. The van der Waals surface area contributed by atoms with Gasteiger partial charge in [0.2, 0.25) is 0 Å². The molecule has 198 valence electrons. The number of phosphoric acid groups is 1. The van der Waals surface area contributed by atoms with Gasteiger partial charge in [-0.2, -0.15) is 11.8 Å². The lowest BCUT2D eigenvalue weighted by Gasteiger charge is -2.24. The van der Waals surface area contributed by atoms with Crippen LogP contribution in [0.2, 0.25) is 0 Å². The summed E-state index contributed by atoms with van der Waals surface area (Å²) in [4.78, 5) is 9.84. The maximum Gasteiger partial charge on any atom is 0.472 e. The molecule has 0 radical (unpaired) electrons. The van der Waals surface area contributed by atoms with Crippen molar-refractivity contribution in [2.75, 3.05) is 52.4 Å². The summed E-state index contributed by atoms with van der Waals surface area (Å²) in [6, 6.07) is 0. The van der Waals surface area contributed by atoms with Crippen LogP contribution in [0.1, 0.15) is 104 Å². The number of rotatable bonds is 24. The second kappa shape index (κ2) is 21.4. The zero-order chi connectivity index (χ0) is 24.8. The number of thioether (sulfide) groups is 1. The van der Waals surface area contributed by atoms with Crippen LogP contribution in [0.15, 0.2) is 11.6 Å². The minimum atomic E-state index is -3.98. The Labute approximate surface area is 210 Å². The molecule has 0 saturated heterocycles. The van der Waals surface area contributed by atoms with E-state index in [9.17, 15) is 9.46 Å². The smallest absolute Gasteiger partial charge is 0.329 e. The molecule has 7 heteroatoms. The van der Waals surface area contributed by atoms with Crippen molar-refractivity contribution in [2.45, 2.75) is 104 Å². The van der Waals surface area contributed by atoms with Gasteiger partial charge < -0.3 is 9.38 Å². The van der Waals surface area contributed by atoms with Crippen molar-refractivity contribution in [1.82, 2.24) is 0 Å². The number of likely N-dealkylation sites (N-methyl/N-ethyl adjacent to an activating group) is 1. The van der Waals surface area contributed by atoms with Crippen LogP contribution in [0.25, 0.3) is 0 Å². The summed E-state index contributed by atoms with van der Waals surface area (Å²) in [5, 5.41) is 0. The SMILES string of the molecule is CC=C(COP(=O)(O)OCC[N+](C)(C)C)CSCCCCCCCCCCCCCCCC. The normalized spacial score (nSPS) is 14.5. The van der Waals surface area contributed by atoms with Crippen LogP contribution in [0.4, 0.5) is 0 Å². The Hall–Kier alpha value is 0.160. The molecule has 1 unspecified atom stereocenters. The van der Waals surface area contributed by atoms with Crippen LogP contribution in [0, 0.1) is 0 Å². The van der Waals surface area contributed by atoms with E-state index in [4.69, 9.17) is 9.05 Å². The number of hydrogen-bond donors (Lipinski definition) is 1. The fourth-order valence-corrected chi connectivity index (χ4v) is 5.22. The summed E-state index contributed by atoms with van der Waals surface area (Å²) >= 11 is 1.88. The maximum atomic E-state index is 12.0. The zero-order valence-electron chi connectivity index (χ0n) is 22.5. The second-order valence-corrected chi connectivity index (χ2v) is 12.7. The van der Waals surface area contributed by atoms with E-state index in [2.05, 4.69) is 6.92 Å². The monoisotopic (exact) mass is 508 g/mol. The molecule has 0 aromatic heterocycles.